The Labute approximate surface area is 99.2 Å². The van der Waals surface area contributed by atoms with Crippen molar-refractivity contribution < 1.29 is 13.9 Å². The first-order chi connectivity index (χ1) is 8.13. The van der Waals surface area contributed by atoms with Crippen LogP contribution in [-0.4, -0.2) is 23.6 Å². The fourth-order valence-corrected chi connectivity index (χ4v) is 1.97. The van der Waals surface area contributed by atoms with Crippen LogP contribution in [0.1, 0.15) is 25.7 Å². The number of carbonyl (C=O) groups is 1. The minimum absolute atomic E-state index is 0.125. The third-order valence-electron chi connectivity index (χ3n) is 3.19. The van der Waals surface area contributed by atoms with Crippen molar-refractivity contribution in [1.82, 2.24) is 4.98 Å². The van der Waals surface area contributed by atoms with Crippen LogP contribution in [0.4, 0.5) is 10.1 Å². The van der Waals surface area contributed by atoms with E-state index >= 15 is 0 Å². The van der Waals surface area contributed by atoms with E-state index in [1.807, 2.05) is 0 Å². The third-order valence-corrected chi connectivity index (χ3v) is 3.19. The van der Waals surface area contributed by atoms with Crippen LogP contribution in [0.3, 0.4) is 0 Å². The minimum Gasteiger partial charge on any atom is -0.378 e. The van der Waals surface area contributed by atoms with Crippen LogP contribution in [0.2, 0.25) is 0 Å². The van der Waals surface area contributed by atoms with Crippen LogP contribution in [0, 0.1) is 5.95 Å². The topological polar surface area (TPSA) is 51.2 Å². The molecule has 17 heavy (non-hydrogen) atoms. The number of hydrogen-bond donors (Lipinski definition) is 1. The van der Waals surface area contributed by atoms with Gasteiger partial charge >= 0.3 is 0 Å². The molecule has 1 N–H and O–H groups in total. The largest absolute Gasteiger partial charge is 0.378 e. The average Bonchev–Trinajstić information content (AvgIpc) is 2.27. The summed E-state index contributed by atoms with van der Waals surface area (Å²) in [6.45, 7) is 0. The lowest BCUT2D eigenvalue weighted by atomic mass is 9.77. The molecular formula is C12H15FN2O2. The molecule has 0 aromatic carbocycles. The lowest BCUT2D eigenvalue weighted by Crippen LogP contribution is -2.42. The molecule has 1 saturated carbocycles. The number of halogens is 1. The second-order valence-corrected chi connectivity index (χ2v) is 4.34. The molecule has 0 unspecified atom stereocenters. The van der Waals surface area contributed by atoms with Crippen molar-refractivity contribution in [1.29, 1.82) is 0 Å². The first kappa shape index (κ1) is 12.0. The van der Waals surface area contributed by atoms with Crippen LogP contribution >= 0.6 is 0 Å². The van der Waals surface area contributed by atoms with Crippen molar-refractivity contribution in [3.05, 3.63) is 24.3 Å². The number of hydrogen-bond acceptors (Lipinski definition) is 3. The smallest absolute Gasteiger partial charge is 0.227 e. The maximum absolute atomic E-state index is 12.6. The van der Waals surface area contributed by atoms with E-state index in [0.29, 0.717) is 12.1 Å². The van der Waals surface area contributed by atoms with E-state index in [1.165, 1.54) is 18.3 Å². The lowest BCUT2D eigenvalue weighted by Gasteiger charge is -2.39. The van der Waals surface area contributed by atoms with Gasteiger partial charge in [0.2, 0.25) is 11.9 Å². The van der Waals surface area contributed by atoms with Crippen LogP contribution in [0.5, 0.6) is 0 Å². The monoisotopic (exact) mass is 238 g/mol. The molecule has 1 aliphatic rings. The van der Waals surface area contributed by atoms with Crippen molar-refractivity contribution in [3.63, 3.8) is 0 Å². The van der Waals surface area contributed by atoms with Gasteiger partial charge in [-0.2, -0.15) is 4.39 Å². The number of nitrogens with one attached hydrogen (secondary N) is 1. The molecule has 1 aromatic rings. The maximum atomic E-state index is 12.6. The summed E-state index contributed by atoms with van der Waals surface area (Å²) in [5.41, 5.74) is 0.208. The number of nitrogens with zero attached hydrogens (tertiary/aromatic N) is 1. The van der Waals surface area contributed by atoms with E-state index in [2.05, 4.69) is 10.3 Å². The molecule has 2 rings (SSSR count). The summed E-state index contributed by atoms with van der Waals surface area (Å²) in [5.74, 6) is -0.685. The summed E-state index contributed by atoms with van der Waals surface area (Å²) in [7, 11) is 1.63. The van der Waals surface area contributed by atoms with Crippen LogP contribution < -0.4 is 5.32 Å². The zero-order valence-corrected chi connectivity index (χ0v) is 9.70. The van der Waals surface area contributed by atoms with Crippen molar-refractivity contribution in [2.24, 2.45) is 0 Å². The number of amides is 1. The van der Waals surface area contributed by atoms with Gasteiger partial charge in [0, 0.05) is 7.11 Å². The van der Waals surface area contributed by atoms with Gasteiger partial charge in [0.05, 0.1) is 23.9 Å². The van der Waals surface area contributed by atoms with Gasteiger partial charge in [0.1, 0.15) is 0 Å². The zero-order valence-electron chi connectivity index (χ0n) is 9.70. The second kappa shape index (κ2) is 4.79. The summed E-state index contributed by atoms with van der Waals surface area (Å²) < 4.78 is 17.9. The third kappa shape index (κ3) is 2.79. The van der Waals surface area contributed by atoms with Crippen molar-refractivity contribution in [3.8, 4) is 0 Å². The normalized spacial score (nSPS) is 17.3. The fraction of sp³-hybridized carbons (Fsp3) is 0.500. The molecule has 0 aliphatic heterocycles. The molecule has 0 bridgehead atoms. The molecule has 0 atom stereocenters. The van der Waals surface area contributed by atoms with Gasteiger partial charge < -0.3 is 10.1 Å². The molecule has 0 spiro atoms. The van der Waals surface area contributed by atoms with E-state index in [-0.39, 0.29) is 11.5 Å². The number of rotatable bonds is 4. The summed E-state index contributed by atoms with van der Waals surface area (Å²) in [4.78, 5) is 15.2. The van der Waals surface area contributed by atoms with Crippen molar-refractivity contribution in [2.45, 2.75) is 31.3 Å². The Bertz CT molecular complexity index is 396. The number of aromatic nitrogens is 1. The standard InChI is InChI=1S/C12H15FN2O2/c1-17-12(5-2-6-12)7-11(16)15-9-3-4-10(13)14-8-9/h3-4,8H,2,5-7H2,1H3,(H,15,16). The molecule has 0 radical (unpaired) electrons. The van der Waals surface area contributed by atoms with Crippen molar-refractivity contribution in [2.75, 3.05) is 12.4 Å². The zero-order chi connectivity index (χ0) is 12.3. The molecule has 1 aromatic heterocycles. The molecule has 1 aliphatic carbocycles. The van der Waals surface area contributed by atoms with Crippen LogP contribution in [0.15, 0.2) is 18.3 Å². The number of carbonyl (C=O) groups excluding carboxylic acids is 1. The summed E-state index contributed by atoms with van der Waals surface area (Å²) in [5, 5.41) is 2.68. The predicted molar refractivity (Wildman–Crippen MR) is 61.0 cm³/mol. The molecule has 1 amide bonds. The average molecular weight is 238 g/mol. The Morgan fingerprint density at radius 1 is 1.59 bits per heavy atom. The van der Waals surface area contributed by atoms with Gasteiger partial charge in [-0.15, -0.1) is 0 Å². The molecule has 5 heteroatoms. The van der Waals surface area contributed by atoms with Gasteiger partial charge in [-0.1, -0.05) is 0 Å². The Hall–Kier alpha value is -1.49. The van der Waals surface area contributed by atoms with Crippen molar-refractivity contribution >= 4 is 11.6 Å². The number of ether oxygens (including phenoxy) is 1. The highest BCUT2D eigenvalue weighted by Gasteiger charge is 2.38. The van der Waals surface area contributed by atoms with E-state index in [9.17, 15) is 9.18 Å². The summed E-state index contributed by atoms with van der Waals surface area (Å²) in [6, 6.07) is 2.70. The van der Waals surface area contributed by atoms with Crippen LogP contribution in [-0.2, 0) is 9.53 Å². The van der Waals surface area contributed by atoms with Gasteiger partial charge in [0.25, 0.3) is 0 Å². The molecular weight excluding hydrogens is 223 g/mol. The lowest BCUT2D eigenvalue weighted by molar-refractivity contribution is -0.129. The van der Waals surface area contributed by atoms with Crippen LogP contribution in [0.25, 0.3) is 0 Å². The molecule has 0 saturated heterocycles. The Morgan fingerprint density at radius 2 is 2.35 bits per heavy atom. The number of pyridine rings is 1. The quantitative estimate of drug-likeness (QED) is 0.817. The highest BCUT2D eigenvalue weighted by molar-refractivity contribution is 5.91. The summed E-state index contributed by atoms with van der Waals surface area (Å²) >= 11 is 0. The second-order valence-electron chi connectivity index (χ2n) is 4.34. The SMILES string of the molecule is COC1(CC(=O)Nc2ccc(F)nc2)CCC1. The first-order valence-electron chi connectivity index (χ1n) is 5.60. The van der Waals surface area contributed by atoms with E-state index < -0.39 is 5.95 Å². The highest BCUT2D eigenvalue weighted by Crippen LogP contribution is 2.38. The molecule has 92 valence electrons. The highest BCUT2D eigenvalue weighted by atomic mass is 19.1. The Balaban J connectivity index is 1.91. The van der Waals surface area contributed by atoms with E-state index in [1.54, 1.807) is 7.11 Å². The Kier molecular flexibility index (Phi) is 3.38. The molecule has 1 fully saturated rings. The predicted octanol–water partition coefficient (Wildman–Crippen LogP) is 2.12. The maximum Gasteiger partial charge on any atom is 0.227 e. The molecule has 1 heterocycles. The summed E-state index contributed by atoms with van der Waals surface area (Å²) in [6.07, 6.45) is 4.56. The van der Waals surface area contributed by atoms with E-state index in [0.717, 1.165) is 19.3 Å². The minimum atomic E-state index is -0.560. The van der Waals surface area contributed by atoms with Gasteiger partial charge in [-0.3, -0.25) is 4.79 Å². The van der Waals surface area contributed by atoms with Gasteiger partial charge in [-0.25, -0.2) is 4.98 Å². The number of anilines is 1. The van der Waals surface area contributed by atoms with Gasteiger partial charge in [0.15, 0.2) is 0 Å². The van der Waals surface area contributed by atoms with Gasteiger partial charge in [-0.05, 0) is 31.4 Å². The fourth-order valence-electron chi connectivity index (χ4n) is 1.97. The molecule has 4 nitrogen and oxygen atoms in total. The Morgan fingerprint density at radius 3 is 2.82 bits per heavy atom. The van der Waals surface area contributed by atoms with E-state index in [4.69, 9.17) is 4.74 Å². The first-order valence-corrected chi connectivity index (χ1v) is 5.60. The number of methoxy groups -OCH3 is 1.